The lowest BCUT2D eigenvalue weighted by Crippen LogP contribution is -2.14. The minimum absolute atomic E-state index is 0.149. The van der Waals surface area contributed by atoms with Gasteiger partial charge in [0, 0.05) is 17.6 Å². The molecule has 0 atom stereocenters. The number of hydrogen-bond donors (Lipinski definition) is 2. The zero-order valence-electron chi connectivity index (χ0n) is 10.1. The molecule has 0 saturated heterocycles. The van der Waals surface area contributed by atoms with Crippen LogP contribution in [0.25, 0.3) is 0 Å². The summed E-state index contributed by atoms with van der Waals surface area (Å²) in [4.78, 5) is 4.31. The van der Waals surface area contributed by atoms with Gasteiger partial charge in [-0.25, -0.2) is 17.8 Å². The highest BCUT2D eigenvalue weighted by molar-refractivity contribution is 7.93. The fourth-order valence-corrected chi connectivity index (χ4v) is 3.43. The molecule has 19 heavy (non-hydrogen) atoms. The molecule has 0 radical (unpaired) electrons. The van der Waals surface area contributed by atoms with E-state index in [9.17, 15) is 12.8 Å². The number of aromatic nitrogens is 1. The minimum Gasteiger partial charge on any atom is -0.326 e. The fourth-order valence-electron chi connectivity index (χ4n) is 1.46. The number of hydrogen-bond acceptors (Lipinski definition) is 5. The Kier molecular flexibility index (Phi) is 3.83. The third-order valence-corrected chi connectivity index (χ3v) is 4.69. The zero-order chi connectivity index (χ0) is 14.0. The smallest absolute Gasteiger partial charge is 0.266 e. The predicted octanol–water partition coefficient (Wildman–Crippen LogP) is 1.85. The van der Waals surface area contributed by atoms with Crippen LogP contribution in [0.2, 0.25) is 0 Å². The number of nitrogens with zero attached hydrogens (tertiary/aromatic N) is 1. The van der Waals surface area contributed by atoms with Crippen molar-refractivity contribution in [3.8, 4) is 0 Å². The summed E-state index contributed by atoms with van der Waals surface area (Å²) >= 11 is 1.18. The van der Waals surface area contributed by atoms with Gasteiger partial charge in [0.1, 0.15) is 10.7 Å². The standard InChI is InChI=1S/C11H12FN3O2S2/c1-7-6-14-11(18-7)15-19(16,17)10-3-2-8(5-13)4-9(10)12/h2-4,6H,5,13H2,1H3,(H,14,15). The van der Waals surface area contributed by atoms with Crippen LogP contribution in [0.1, 0.15) is 10.4 Å². The van der Waals surface area contributed by atoms with Gasteiger partial charge in [-0.1, -0.05) is 6.07 Å². The highest BCUT2D eigenvalue weighted by Crippen LogP contribution is 2.22. The summed E-state index contributed by atoms with van der Waals surface area (Å²) in [7, 11) is -3.97. The molecule has 8 heteroatoms. The van der Waals surface area contributed by atoms with Crippen molar-refractivity contribution in [2.45, 2.75) is 18.4 Å². The molecule has 0 aliphatic rings. The second-order valence-electron chi connectivity index (χ2n) is 3.85. The van der Waals surface area contributed by atoms with Crippen molar-refractivity contribution in [3.63, 3.8) is 0 Å². The Morgan fingerprint density at radius 1 is 1.47 bits per heavy atom. The van der Waals surface area contributed by atoms with E-state index in [4.69, 9.17) is 5.73 Å². The Hall–Kier alpha value is -1.51. The first kappa shape index (κ1) is 13.9. The van der Waals surface area contributed by atoms with Gasteiger partial charge in [0.15, 0.2) is 5.13 Å². The third kappa shape index (κ3) is 3.09. The van der Waals surface area contributed by atoms with Gasteiger partial charge in [-0.15, -0.1) is 11.3 Å². The van der Waals surface area contributed by atoms with Crippen molar-refractivity contribution in [3.05, 3.63) is 40.7 Å². The van der Waals surface area contributed by atoms with Crippen molar-refractivity contribution >= 4 is 26.5 Å². The van der Waals surface area contributed by atoms with Crippen LogP contribution in [0.3, 0.4) is 0 Å². The fraction of sp³-hybridized carbons (Fsp3) is 0.182. The Labute approximate surface area is 114 Å². The normalized spacial score (nSPS) is 11.5. The summed E-state index contributed by atoms with van der Waals surface area (Å²) < 4.78 is 40.0. The van der Waals surface area contributed by atoms with Gasteiger partial charge in [-0.2, -0.15) is 0 Å². The number of benzene rings is 1. The summed E-state index contributed by atoms with van der Waals surface area (Å²) in [6, 6.07) is 3.78. The molecule has 1 aromatic heterocycles. The van der Waals surface area contributed by atoms with E-state index in [0.29, 0.717) is 5.56 Å². The van der Waals surface area contributed by atoms with E-state index >= 15 is 0 Å². The SMILES string of the molecule is Cc1cnc(NS(=O)(=O)c2ccc(CN)cc2F)s1. The zero-order valence-corrected chi connectivity index (χ0v) is 11.7. The van der Waals surface area contributed by atoms with E-state index < -0.39 is 20.7 Å². The summed E-state index contributed by atoms with van der Waals surface area (Å²) in [5.41, 5.74) is 5.89. The minimum atomic E-state index is -3.97. The van der Waals surface area contributed by atoms with Gasteiger partial charge in [0.05, 0.1) is 0 Å². The molecular weight excluding hydrogens is 289 g/mol. The van der Waals surface area contributed by atoms with E-state index in [1.165, 1.54) is 29.7 Å². The Bertz CT molecular complexity index is 698. The molecule has 0 aliphatic carbocycles. The maximum atomic E-state index is 13.7. The first-order valence-corrected chi connectivity index (χ1v) is 7.66. The van der Waals surface area contributed by atoms with E-state index in [1.54, 1.807) is 6.92 Å². The van der Waals surface area contributed by atoms with E-state index in [2.05, 4.69) is 9.71 Å². The van der Waals surface area contributed by atoms with Crippen LogP contribution < -0.4 is 10.5 Å². The molecule has 5 nitrogen and oxygen atoms in total. The van der Waals surface area contributed by atoms with Gasteiger partial charge in [0.25, 0.3) is 10.0 Å². The first-order valence-electron chi connectivity index (χ1n) is 5.36. The van der Waals surface area contributed by atoms with Crippen molar-refractivity contribution in [2.75, 3.05) is 4.72 Å². The molecule has 2 aromatic rings. The monoisotopic (exact) mass is 301 g/mol. The van der Waals surface area contributed by atoms with Gasteiger partial charge >= 0.3 is 0 Å². The predicted molar refractivity (Wildman–Crippen MR) is 72.0 cm³/mol. The van der Waals surface area contributed by atoms with Crippen LogP contribution in [0.15, 0.2) is 29.3 Å². The number of nitrogens with two attached hydrogens (primary N) is 1. The molecule has 0 saturated carbocycles. The molecule has 0 unspecified atom stereocenters. The summed E-state index contributed by atoms with van der Waals surface area (Å²) in [5, 5.41) is 0.208. The summed E-state index contributed by atoms with van der Waals surface area (Å²) in [6.45, 7) is 1.95. The molecule has 0 spiro atoms. The number of sulfonamides is 1. The van der Waals surface area contributed by atoms with Crippen molar-refractivity contribution < 1.29 is 12.8 Å². The molecule has 0 amide bonds. The van der Waals surface area contributed by atoms with E-state index in [1.807, 2.05) is 0 Å². The average Bonchev–Trinajstić information content (AvgIpc) is 2.73. The van der Waals surface area contributed by atoms with Crippen LogP contribution in [0, 0.1) is 12.7 Å². The van der Waals surface area contributed by atoms with Crippen molar-refractivity contribution in [2.24, 2.45) is 5.73 Å². The molecular formula is C11H12FN3O2S2. The van der Waals surface area contributed by atoms with Crippen LogP contribution in [0.5, 0.6) is 0 Å². The molecule has 102 valence electrons. The molecule has 1 aromatic carbocycles. The summed E-state index contributed by atoms with van der Waals surface area (Å²) in [5.74, 6) is -0.830. The molecule has 2 rings (SSSR count). The number of rotatable bonds is 4. The van der Waals surface area contributed by atoms with E-state index in [-0.39, 0.29) is 11.7 Å². The van der Waals surface area contributed by atoms with Crippen LogP contribution in [0.4, 0.5) is 9.52 Å². The maximum Gasteiger partial charge on any atom is 0.266 e. The van der Waals surface area contributed by atoms with E-state index in [0.717, 1.165) is 10.9 Å². The number of halogens is 1. The molecule has 0 fully saturated rings. The summed E-state index contributed by atoms with van der Waals surface area (Å²) in [6.07, 6.45) is 1.54. The van der Waals surface area contributed by atoms with Gasteiger partial charge in [-0.05, 0) is 24.6 Å². The van der Waals surface area contributed by atoms with Crippen LogP contribution in [-0.4, -0.2) is 13.4 Å². The number of aryl methyl sites for hydroxylation is 1. The van der Waals surface area contributed by atoms with Gasteiger partial charge in [0.2, 0.25) is 0 Å². The molecule has 1 heterocycles. The van der Waals surface area contributed by atoms with Crippen LogP contribution >= 0.6 is 11.3 Å². The maximum absolute atomic E-state index is 13.7. The van der Waals surface area contributed by atoms with Crippen molar-refractivity contribution in [1.82, 2.24) is 4.98 Å². The number of nitrogens with one attached hydrogen (secondary N) is 1. The molecule has 3 N–H and O–H groups in total. The van der Waals surface area contributed by atoms with Gasteiger partial charge in [-0.3, -0.25) is 4.72 Å². The lowest BCUT2D eigenvalue weighted by molar-refractivity contribution is 0.569. The second-order valence-corrected chi connectivity index (χ2v) is 6.74. The highest BCUT2D eigenvalue weighted by atomic mass is 32.2. The van der Waals surface area contributed by atoms with Crippen molar-refractivity contribution in [1.29, 1.82) is 0 Å². The first-order chi connectivity index (χ1) is 8.92. The molecule has 0 aliphatic heterocycles. The van der Waals surface area contributed by atoms with Gasteiger partial charge < -0.3 is 5.73 Å². The second kappa shape index (κ2) is 5.24. The Morgan fingerprint density at radius 3 is 2.74 bits per heavy atom. The Morgan fingerprint density at radius 2 is 2.21 bits per heavy atom. The molecule has 0 bridgehead atoms. The lowest BCUT2D eigenvalue weighted by atomic mass is 10.2. The Balaban J connectivity index is 2.34. The van der Waals surface area contributed by atoms with Crippen LogP contribution in [-0.2, 0) is 16.6 Å². The highest BCUT2D eigenvalue weighted by Gasteiger charge is 2.20. The quantitative estimate of drug-likeness (QED) is 0.902. The number of anilines is 1. The lowest BCUT2D eigenvalue weighted by Gasteiger charge is -2.07. The topological polar surface area (TPSA) is 85.1 Å². The number of thiazole rings is 1. The largest absolute Gasteiger partial charge is 0.326 e. The third-order valence-electron chi connectivity index (χ3n) is 2.36. The average molecular weight is 301 g/mol.